The first kappa shape index (κ1) is 62.4. The third kappa shape index (κ3) is 20.6. The summed E-state index contributed by atoms with van der Waals surface area (Å²) in [6.45, 7) is 6.60. The fourth-order valence-corrected chi connectivity index (χ4v) is 9.99. The minimum absolute atomic E-state index is 0.0119. The highest BCUT2D eigenvalue weighted by Gasteiger charge is 2.26. The van der Waals surface area contributed by atoms with Crippen molar-refractivity contribution in [1.82, 2.24) is 30.2 Å². The van der Waals surface area contributed by atoms with Gasteiger partial charge in [-0.3, -0.25) is 9.59 Å². The number of carbonyl (C=O) groups excluding carboxylic acids is 2. The van der Waals surface area contributed by atoms with Crippen LogP contribution in [-0.4, -0.2) is 164 Å². The number of nitrogens with zero attached hydrogens (tertiary/aromatic N) is 6. The van der Waals surface area contributed by atoms with Crippen LogP contribution in [0.5, 0.6) is 5.75 Å². The molecule has 7 rings (SSSR count). The van der Waals surface area contributed by atoms with Crippen molar-refractivity contribution in [2.45, 2.75) is 61.7 Å². The number of amides is 2. The lowest BCUT2D eigenvalue weighted by molar-refractivity contribution is -0.0297. The molecule has 5 aromatic rings. The highest BCUT2D eigenvalue weighted by molar-refractivity contribution is 9.10. The Morgan fingerprint density at radius 2 is 1.40 bits per heavy atom. The van der Waals surface area contributed by atoms with E-state index in [0.29, 0.717) is 99.2 Å². The Morgan fingerprint density at radius 3 is 1.99 bits per heavy atom. The van der Waals surface area contributed by atoms with Gasteiger partial charge in [0.2, 0.25) is 16.0 Å². The Hall–Kier alpha value is -6.22. The molecule has 0 atom stereocenters. The van der Waals surface area contributed by atoms with Crippen molar-refractivity contribution < 1.29 is 60.3 Å². The summed E-state index contributed by atoms with van der Waals surface area (Å²) in [6.07, 6.45) is 6.39. The number of piperidine rings is 1. The molecule has 1 saturated heterocycles. The number of ether oxygens (including phenoxy) is 8. The van der Waals surface area contributed by atoms with Crippen molar-refractivity contribution in [3.63, 3.8) is 0 Å². The summed E-state index contributed by atoms with van der Waals surface area (Å²) in [4.78, 5) is 35.5. The van der Waals surface area contributed by atoms with Gasteiger partial charge in [-0.1, -0.05) is 17.7 Å². The number of primary amides is 1. The number of nitrogens with one attached hydrogen (secondary N) is 4. The standard InChI is InChI=1S/C54H66BrClFN11O12S/c55-44-36-60-54(65-52(44)64-47-3-1-2-46(57)50(47)51(59)69)63-39-7-12-43(13-8-39)81(71,72)61-18-21-73-22-23-74-24-25-75-26-27-76-28-29-77-30-31-78-32-33-79-40-16-19-68(20-17-40)49-15-14-48(66-67-49)53(70)62-38-5-10-41(11-6-38)80-42-9-4-37(35-58)45(56)34-42/h1-4,7-9,12-15,34,36,38,40-41,61H,5-6,10-11,16-33H2,(H2,59,69)(H,62,70)(H2,60,63,64,65). The summed E-state index contributed by atoms with van der Waals surface area (Å²) in [7, 11) is -3.82. The van der Waals surface area contributed by atoms with Gasteiger partial charge >= 0.3 is 0 Å². The summed E-state index contributed by atoms with van der Waals surface area (Å²) < 4.78 is 88.3. The van der Waals surface area contributed by atoms with Crippen LogP contribution in [0.3, 0.4) is 0 Å². The fourth-order valence-electron chi connectivity index (χ4n) is 8.48. The van der Waals surface area contributed by atoms with Crippen LogP contribution in [-0.2, 0) is 43.2 Å². The van der Waals surface area contributed by atoms with Gasteiger partial charge in [0.15, 0.2) is 11.5 Å². The van der Waals surface area contributed by atoms with Gasteiger partial charge in [-0.15, -0.1) is 10.2 Å². The molecule has 23 nitrogen and oxygen atoms in total. The second-order valence-corrected chi connectivity index (χ2v) is 21.4. The number of nitrogens with two attached hydrogens (primary N) is 1. The fraction of sp³-hybridized carbons (Fsp3) is 0.463. The van der Waals surface area contributed by atoms with Crippen LogP contribution in [0.2, 0.25) is 5.02 Å². The maximum atomic E-state index is 14.3. The number of nitriles is 1. The summed E-state index contributed by atoms with van der Waals surface area (Å²) >= 11 is 9.48. The maximum Gasteiger partial charge on any atom is 0.272 e. The summed E-state index contributed by atoms with van der Waals surface area (Å²) in [5.74, 6) is -0.235. The zero-order valence-corrected chi connectivity index (χ0v) is 47.7. The smallest absolute Gasteiger partial charge is 0.272 e. The van der Waals surface area contributed by atoms with Crippen molar-refractivity contribution in [3.8, 4) is 11.8 Å². The second kappa shape index (κ2) is 33.0. The number of anilines is 5. The van der Waals surface area contributed by atoms with Crippen LogP contribution in [0.4, 0.5) is 33.3 Å². The van der Waals surface area contributed by atoms with E-state index in [-0.39, 0.29) is 77.5 Å². The molecule has 2 amide bonds. The Bertz CT molecular complexity index is 2940. The molecule has 81 heavy (non-hydrogen) atoms. The first-order valence-electron chi connectivity index (χ1n) is 26.4. The summed E-state index contributed by atoms with van der Waals surface area (Å²) in [5.41, 5.74) is 6.35. The van der Waals surface area contributed by atoms with E-state index in [9.17, 15) is 22.4 Å². The second-order valence-electron chi connectivity index (χ2n) is 18.4. The van der Waals surface area contributed by atoms with Gasteiger partial charge in [0.1, 0.15) is 23.5 Å². The maximum absolute atomic E-state index is 14.3. The molecule has 436 valence electrons. The van der Waals surface area contributed by atoms with Crippen LogP contribution in [0.25, 0.3) is 0 Å². The van der Waals surface area contributed by atoms with Crippen molar-refractivity contribution in [2.24, 2.45) is 5.73 Å². The lowest BCUT2D eigenvalue weighted by atomic mass is 9.93. The predicted octanol–water partition coefficient (Wildman–Crippen LogP) is 6.46. The zero-order valence-electron chi connectivity index (χ0n) is 44.5. The van der Waals surface area contributed by atoms with Gasteiger partial charge in [-0.25, -0.2) is 22.5 Å². The lowest BCUT2D eigenvalue weighted by Crippen LogP contribution is -2.40. The number of hydrogen-bond acceptors (Lipinski definition) is 20. The van der Waals surface area contributed by atoms with Crippen LogP contribution in [0.15, 0.2) is 88.4 Å². The lowest BCUT2D eigenvalue weighted by Gasteiger charge is -2.32. The first-order valence-corrected chi connectivity index (χ1v) is 29.1. The number of carbonyl (C=O) groups is 2. The van der Waals surface area contributed by atoms with E-state index in [0.717, 1.165) is 63.5 Å². The van der Waals surface area contributed by atoms with E-state index in [1.54, 1.807) is 36.4 Å². The first-order chi connectivity index (χ1) is 39.3. The van der Waals surface area contributed by atoms with Crippen LogP contribution < -0.4 is 36.0 Å². The molecular weight excluding hydrogens is 1160 g/mol. The number of aromatic nitrogens is 4. The molecule has 2 fully saturated rings. The van der Waals surface area contributed by atoms with Gasteiger partial charge in [0, 0.05) is 43.6 Å². The molecule has 6 N–H and O–H groups in total. The number of benzene rings is 3. The molecular formula is C54H66BrClFN11O12S. The van der Waals surface area contributed by atoms with Gasteiger partial charge in [0.05, 0.1) is 129 Å². The Morgan fingerprint density at radius 1 is 0.765 bits per heavy atom. The molecule has 0 radical (unpaired) electrons. The Balaban J connectivity index is 0.614. The largest absolute Gasteiger partial charge is 0.490 e. The minimum atomic E-state index is -3.82. The molecule has 2 aromatic heterocycles. The topological polar surface area (TPSA) is 295 Å². The normalized spacial score (nSPS) is 15.7. The SMILES string of the molecule is N#Cc1ccc(OC2CCC(NC(=O)c3ccc(N4CCC(OCCOCCOCCOCCOCCOCCOCCNS(=O)(=O)c5ccc(Nc6ncc(Br)c(Nc7cccc(F)c7C(N)=O)n6)cc5)CC4)nn3)CC2)cc1Cl. The molecule has 3 aromatic carbocycles. The third-order valence-corrected chi connectivity index (χ3v) is 15.0. The van der Waals surface area contributed by atoms with Gasteiger partial charge < -0.3 is 64.5 Å². The summed E-state index contributed by atoms with van der Waals surface area (Å²) in [6, 6.07) is 20.7. The molecule has 1 aliphatic heterocycles. The molecule has 0 spiro atoms. The molecule has 0 unspecified atom stereocenters. The average Bonchev–Trinajstić information content (AvgIpc) is 3.55. The van der Waals surface area contributed by atoms with E-state index in [2.05, 4.69) is 61.7 Å². The molecule has 1 aliphatic carbocycles. The van der Waals surface area contributed by atoms with E-state index < -0.39 is 21.7 Å². The van der Waals surface area contributed by atoms with Crippen LogP contribution in [0, 0.1) is 17.1 Å². The quantitative estimate of drug-likeness (QED) is 0.0276. The number of rotatable bonds is 34. The minimum Gasteiger partial charge on any atom is -0.490 e. The number of halogens is 3. The molecule has 27 heteroatoms. The van der Waals surface area contributed by atoms with Gasteiger partial charge in [-0.05, 0) is 115 Å². The number of sulfonamides is 1. The van der Waals surface area contributed by atoms with E-state index in [1.807, 2.05) is 12.1 Å². The van der Waals surface area contributed by atoms with Crippen molar-refractivity contribution >= 4 is 78.3 Å². The highest BCUT2D eigenvalue weighted by Crippen LogP contribution is 2.30. The Kier molecular flexibility index (Phi) is 25.4. The molecule has 1 saturated carbocycles. The van der Waals surface area contributed by atoms with Crippen molar-refractivity contribution in [3.05, 3.63) is 111 Å². The third-order valence-electron chi connectivity index (χ3n) is 12.7. The predicted molar refractivity (Wildman–Crippen MR) is 301 cm³/mol. The number of hydrogen-bond donors (Lipinski definition) is 5. The zero-order chi connectivity index (χ0) is 57.2. The van der Waals surface area contributed by atoms with Crippen molar-refractivity contribution in [1.29, 1.82) is 5.26 Å². The van der Waals surface area contributed by atoms with Crippen LogP contribution >= 0.6 is 27.5 Å². The summed E-state index contributed by atoms with van der Waals surface area (Å²) in [5, 5.41) is 27.0. The Labute approximate surface area is 483 Å². The van der Waals surface area contributed by atoms with E-state index in [1.165, 1.54) is 30.5 Å². The molecule has 0 bridgehead atoms. The van der Waals surface area contributed by atoms with Gasteiger partial charge in [0.25, 0.3) is 11.8 Å². The van der Waals surface area contributed by atoms with Gasteiger partial charge in [-0.2, -0.15) is 10.2 Å². The van der Waals surface area contributed by atoms with Crippen LogP contribution in [0.1, 0.15) is 64.9 Å². The van der Waals surface area contributed by atoms with E-state index in [4.69, 9.17) is 60.5 Å². The monoisotopic (exact) mass is 1230 g/mol. The molecule has 3 heterocycles. The van der Waals surface area contributed by atoms with Crippen molar-refractivity contribution in [2.75, 3.05) is 121 Å². The van der Waals surface area contributed by atoms with E-state index >= 15 is 0 Å². The highest BCUT2D eigenvalue weighted by atomic mass is 79.9. The average molecular weight is 1230 g/mol. The molecule has 2 aliphatic rings.